The number of nitrogens with zero attached hydrogens (tertiary/aromatic N) is 1. The van der Waals surface area contributed by atoms with Gasteiger partial charge in [-0.05, 0) is 83.1 Å². The number of anilines is 1. The fourth-order valence-electron chi connectivity index (χ4n) is 3.38. The van der Waals surface area contributed by atoms with E-state index in [2.05, 4.69) is 27.9 Å². The summed E-state index contributed by atoms with van der Waals surface area (Å²) >= 11 is 2.09. The molecule has 4 rings (SSSR count). The zero-order valence-corrected chi connectivity index (χ0v) is 20.6. The van der Waals surface area contributed by atoms with Crippen molar-refractivity contribution in [3.8, 4) is 5.75 Å². The minimum atomic E-state index is -0.992. The van der Waals surface area contributed by atoms with Crippen LogP contribution in [0.25, 0.3) is 6.08 Å². The van der Waals surface area contributed by atoms with Gasteiger partial charge in [-0.25, -0.2) is 14.5 Å². The van der Waals surface area contributed by atoms with Gasteiger partial charge >= 0.3 is 12.0 Å². The van der Waals surface area contributed by atoms with Crippen molar-refractivity contribution in [1.82, 2.24) is 5.32 Å². The number of aryl methyl sites for hydroxylation is 1. The first kappa shape index (κ1) is 24.1. The highest BCUT2D eigenvalue weighted by Crippen LogP contribution is 2.26. The van der Waals surface area contributed by atoms with Gasteiger partial charge in [-0.1, -0.05) is 35.9 Å². The van der Waals surface area contributed by atoms with Crippen molar-refractivity contribution >= 4 is 58.2 Å². The molecule has 3 aromatic rings. The molecule has 0 bridgehead atoms. The second kappa shape index (κ2) is 10.1. The van der Waals surface area contributed by atoms with Crippen LogP contribution in [0.1, 0.15) is 27.0 Å². The predicted octanol–water partition coefficient (Wildman–Crippen LogP) is 4.54. The third-order valence-electron chi connectivity index (χ3n) is 5.26. The maximum Gasteiger partial charge on any atom is 0.335 e. The second-order valence-corrected chi connectivity index (χ2v) is 8.94. The predicted molar refractivity (Wildman–Crippen MR) is 137 cm³/mol. The Kier molecular flexibility index (Phi) is 6.97. The number of carbonyl (C=O) groups is 4. The van der Waals surface area contributed by atoms with Gasteiger partial charge in [0.1, 0.15) is 17.9 Å². The van der Waals surface area contributed by atoms with Crippen molar-refractivity contribution in [1.29, 1.82) is 0 Å². The van der Waals surface area contributed by atoms with E-state index in [0.717, 1.165) is 19.6 Å². The average molecular weight is 582 g/mol. The van der Waals surface area contributed by atoms with Crippen LogP contribution in [0.3, 0.4) is 0 Å². The van der Waals surface area contributed by atoms with Gasteiger partial charge in [-0.3, -0.25) is 14.9 Å². The minimum Gasteiger partial charge on any atom is -0.488 e. The van der Waals surface area contributed by atoms with Crippen LogP contribution in [-0.2, 0) is 16.2 Å². The monoisotopic (exact) mass is 582 g/mol. The fourth-order valence-corrected chi connectivity index (χ4v) is 4.08. The van der Waals surface area contributed by atoms with Crippen molar-refractivity contribution in [2.45, 2.75) is 13.5 Å². The van der Waals surface area contributed by atoms with Gasteiger partial charge in [0, 0.05) is 0 Å². The summed E-state index contributed by atoms with van der Waals surface area (Å²) in [5.74, 6) is -1.87. The van der Waals surface area contributed by atoms with E-state index in [0.29, 0.717) is 17.0 Å². The Morgan fingerprint density at radius 3 is 2.34 bits per heavy atom. The van der Waals surface area contributed by atoms with Crippen LogP contribution in [0.5, 0.6) is 5.75 Å². The fraction of sp³-hybridized carbons (Fsp3) is 0.0769. The van der Waals surface area contributed by atoms with Crippen LogP contribution < -0.4 is 15.0 Å². The number of carboxylic acids is 1. The highest BCUT2D eigenvalue weighted by Gasteiger charge is 2.36. The largest absolute Gasteiger partial charge is 0.488 e. The topological polar surface area (TPSA) is 113 Å². The summed E-state index contributed by atoms with van der Waals surface area (Å²) < 4.78 is 6.58. The van der Waals surface area contributed by atoms with E-state index in [1.54, 1.807) is 54.6 Å². The lowest BCUT2D eigenvalue weighted by atomic mass is 10.1. The number of amides is 4. The Bertz CT molecular complexity index is 1360. The summed E-state index contributed by atoms with van der Waals surface area (Å²) in [5.41, 5.74) is 2.77. The van der Waals surface area contributed by atoms with E-state index < -0.39 is 23.8 Å². The van der Waals surface area contributed by atoms with Gasteiger partial charge in [0.05, 0.1) is 14.8 Å². The van der Waals surface area contributed by atoms with Gasteiger partial charge in [-0.2, -0.15) is 0 Å². The number of urea groups is 1. The molecule has 2 N–H and O–H groups in total. The molecule has 3 aromatic carbocycles. The number of ether oxygens (including phenoxy) is 1. The smallest absolute Gasteiger partial charge is 0.335 e. The normalized spacial score (nSPS) is 14.7. The summed E-state index contributed by atoms with van der Waals surface area (Å²) in [5, 5.41) is 11.2. The molecule has 0 atom stereocenters. The Morgan fingerprint density at radius 2 is 1.71 bits per heavy atom. The molecular formula is C26H19IN2O6. The molecule has 9 heteroatoms. The molecule has 1 aliphatic rings. The number of hydrogen-bond acceptors (Lipinski definition) is 5. The molecule has 8 nitrogen and oxygen atoms in total. The van der Waals surface area contributed by atoms with Crippen LogP contribution in [0.4, 0.5) is 10.5 Å². The number of carboxylic acid groups (broad SMARTS) is 1. The van der Waals surface area contributed by atoms with Gasteiger partial charge in [0.2, 0.25) is 0 Å². The van der Waals surface area contributed by atoms with E-state index >= 15 is 0 Å². The molecular weight excluding hydrogens is 563 g/mol. The number of hydrogen-bond donors (Lipinski definition) is 2. The molecule has 35 heavy (non-hydrogen) atoms. The molecule has 0 saturated carbocycles. The zero-order valence-electron chi connectivity index (χ0n) is 18.4. The number of benzene rings is 3. The van der Waals surface area contributed by atoms with E-state index in [9.17, 15) is 19.2 Å². The molecule has 0 radical (unpaired) electrons. The lowest BCUT2D eigenvalue weighted by Gasteiger charge is -2.26. The summed E-state index contributed by atoms with van der Waals surface area (Å²) in [6.45, 7) is 2.13. The van der Waals surface area contributed by atoms with Crippen LogP contribution in [-0.4, -0.2) is 28.9 Å². The molecule has 0 aromatic heterocycles. The molecule has 1 heterocycles. The zero-order chi connectivity index (χ0) is 25.1. The number of barbiturate groups is 1. The quantitative estimate of drug-likeness (QED) is 0.251. The van der Waals surface area contributed by atoms with Gasteiger partial charge in [0.25, 0.3) is 11.8 Å². The lowest BCUT2D eigenvalue weighted by molar-refractivity contribution is -0.122. The number of rotatable bonds is 6. The summed E-state index contributed by atoms with van der Waals surface area (Å²) in [4.78, 5) is 49.7. The van der Waals surface area contributed by atoms with Crippen molar-refractivity contribution in [2.75, 3.05) is 4.90 Å². The number of nitrogens with one attached hydrogen (secondary N) is 1. The Hall–Kier alpha value is -3.99. The van der Waals surface area contributed by atoms with Gasteiger partial charge in [-0.15, -0.1) is 0 Å². The number of aromatic carboxylic acids is 1. The molecule has 1 saturated heterocycles. The van der Waals surface area contributed by atoms with Crippen LogP contribution >= 0.6 is 22.6 Å². The minimum absolute atomic E-state index is 0.159. The molecule has 0 spiro atoms. The molecule has 4 amide bonds. The van der Waals surface area contributed by atoms with Crippen molar-refractivity contribution in [2.24, 2.45) is 0 Å². The van der Waals surface area contributed by atoms with E-state index in [1.165, 1.54) is 18.2 Å². The lowest BCUT2D eigenvalue weighted by Crippen LogP contribution is -2.54. The van der Waals surface area contributed by atoms with Crippen LogP contribution in [0, 0.1) is 10.5 Å². The van der Waals surface area contributed by atoms with Crippen LogP contribution in [0.15, 0.2) is 72.3 Å². The first-order valence-corrected chi connectivity index (χ1v) is 11.5. The first-order chi connectivity index (χ1) is 16.7. The molecule has 176 valence electrons. The molecule has 0 unspecified atom stereocenters. The van der Waals surface area contributed by atoms with E-state index in [-0.39, 0.29) is 17.7 Å². The molecule has 0 aliphatic carbocycles. The maximum atomic E-state index is 13.0. The molecule has 1 fully saturated rings. The third kappa shape index (κ3) is 5.40. The maximum absolute atomic E-state index is 13.0. The number of carbonyl (C=O) groups excluding carboxylic acids is 3. The summed E-state index contributed by atoms with van der Waals surface area (Å²) in [6.07, 6.45) is 1.43. The molecule has 1 aliphatic heterocycles. The van der Waals surface area contributed by atoms with E-state index in [4.69, 9.17) is 9.84 Å². The Morgan fingerprint density at radius 1 is 1.03 bits per heavy atom. The average Bonchev–Trinajstić information content (AvgIpc) is 2.82. The summed E-state index contributed by atoms with van der Waals surface area (Å²) in [6, 6.07) is 17.6. The second-order valence-electron chi connectivity index (χ2n) is 7.77. The van der Waals surface area contributed by atoms with Gasteiger partial charge < -0.3 is 9.84 Å². The number of imide groups is 2. The van der Waals surface area contributed by atoms with Crippen molar-refractivity contribution in [3.63, 3.8) is 0 Å². The summed E-state index contributed by atoms with van der Waals surface area (Å²) in [7, 11) is 0. The van der Waals surface area contributed by atoms with Gasteiger partial charge in [0.15, 0.2) is 0 Å². The SMILES string of the molecule is Cc1ccc(N2C(=O)NC(=O)/C(=C\c3ccc(OCc4ccc(C(=O)O)cc4)c(I)c3)C2=O)cc1. The van der Waals surface area contributed by atoms with Crippen molar-refractivity contribution < 1.29 is 29.0 Å². The Labute approximate surface area is 214 Å². The standard InChI is InChI=1S/C26H19IN2O6/c1-15-2-9-19(10-3-15)29-24(31)20(23(30)28-26(29)34)12-17-6-11-22(21(27)13-17)35-14-16-4-7-18(8-5-16)25(32)33/h2-13H,14H2,1H3,(H,32,33)(H,28,30,34)/b20-12+. The number of halogens is 1. The Balaban J connectivity index is 1.52. The van der Waals surface area contributed by atoms with E-state index in [1.807, 2.05) is 6.92 Å². The first-order valence-electron chi connectivity index (χ1n) is 10.5. The highest BCUT2D eigenvalue weighted by atomic mass is 127. The highest BCUT2D eigenvalue weighted by molar-refractivity contribution is 14.1. The van der Waals surface area contributed by atoms with Crippen LogP contribution in [0.2, 0.25) is 0 Å². The third-order valence-corrected chi connectivity index (χ3v) is 6.10. The van der Waals surface area contributed by atoms with Crippen molar-refractivity contribution in [3.05, 3.63) is 98.1 Å².